The second-order valence-electron chi connectivity index (χ2n) is 6.88. The fourth-order valence-electron chi connectivity index (χ4n) is 3.44. The third-order valence-electron chi connectivity index (χ3n) is 4.94. The first-order valence-electron chi connectivity index (χ1n) is 9.57. The first-order valence-corrected chi connectivity index (χ1v) is 9.57. The summed E-state index contributed by atoms with van der Waals surface area (Å²) in [5.74, 6) is 1.78. The largest absolute Gasteiger partial charge is 0.490 e. The Bertz CT molecular complexity index is 650. The molecule has 1 aliphatic carbocycles. The zero-order valence-electron chi connectivity index (χ0n) is 15.4. The molecule has 0 saturated heterocycles. The molecular formula is C22H30NO2+. The van der Waals surface area contributed by atoms with Crippen LogP contribution in [0.15, 0.2) is 48.5 Å². The molecule has 0 radical (unpaired) electrons. The van der Waals surface area contributed by atoms with Crippen LogP contribution in [0.4, 0.5) is 0 Å². The molecule has 0 heterocycles. The Morgan fingerprint density at radius 3 is 2.52 bits per heavy atom. The van der Waals surface area contributed by atoms with Crippen LogP contribution in [0.25, 0.3) is 0 Å². The minimum Gasteiger partial charge on any atom is -0.490 e. The highest BCUT2D eigenvalue weighted by Crippen LogP contribution is 2.32. The van der Waals surface area contributed by atoms with Gasteiger partial charge in [0.2, 0.25) is 0 Å². The molecule has 134 valence electrons. The van der Waals surface area contributed by atoms with Crippen LogP contribution in [0.3, 0.4) is 0 Å². The van der Waals surface area contributed by atoms with Crippen molar-refractivity contribution in [2.45, 2.75) is 58.2 Å². The van der Waals surface area contributed by atoms with E-state index in [4.69, 9.17) is 9.47 Å². The number of hydrogen-bond donors (Lipinski definition) is 1. The Hall–Kier alpha value is -2.00. The summed E-state index contributed by atoms with van der Waals surface area (Å²) in [5.41, 5.74) is 2.62. The van der Waals surface area contributed by atoms with Gasteiger partial charge in [0.1, 0.15) is 12.6 Å². The first-order chi connectivity index (χ1) is 12.3. The van der Waals surface area contributed by atoms with Gasteiger partial charge in [-0.15, -0.1) is 0 Å². The molecule has 0 aromatic heterocycles. The third-order valence-corrected chi connectivity index (χ3v) is 4.94. The maximum absolute atomic E-state index is 6.17. The molecule has 0 amide bonds. The minimum atomic E-state index is 0.356. The molecule has 0 spiro atoms. The molecule has 1 aliphatic rings. The lowest BCUT2D eigenvalue weighted by atomic mass is 10.1. The zero-order chi connectivity index (χ0) is 17.5. The normalized spacial score (nSPS) is 15.9. The molecule has 25 heavy (non-hydrogen) atoms. The van der Waals surface area contributed by atoms with Crippen molar-refractivity contribution in [1.29, 1.82) is 0 Å². The van der Waals surface area contributed by atoms with E-state index >= 15 is 0 Å². The van der Waals surface area contributed by atoms with Gasteiger partial charge in [-0.2, -0.15) is 0 Å². The van der Waals surface area contributed by atoms with Gasteiger partial charge < -0.3 is 14.8 Å². The highest BCUT2D eigenvalue weighted by Gasteiger charge is 2.19. The van der Waals surface area contributed by atoms with Crippen LogP contribution < -0.4 is 14.8 Å². The lowest BCUT2D eigenvalue weighted by Gasteiger charge is -2.17. The number of nitrogens with two attached hydrogens (primary N) is 1. The Morgan fingerprint density at radius 2 is 1.80 bits per heavy atom. The molecule has 3 nitrogen and oxygen atoms in total. The average molecular weight is 340 g/mol. The third kappa shape index (κ3) is 4.99. The van der Waals surface area contributed by atoms with E-state index in [1.807, 2.05) is 6.92 Å². The lowest BCUT2D eigenvalue weighted by Crippen LogP contribution is -2.83. The minimum absolute atomic E-state index is 0.356. The van der Waals surface area contributed by atoms with Crippen LogP contribution in [0, 0.1) is 0 Å². The predicted octanol–water partition coefficient (Wildman–Crippen LogP) is 4.23. The number of rotatable bonds is 8. The van der Waals surface area contributed by atoms with Gasteiger partial charge in [-0.3, -0.25) is 0 Å². The van der Waals surface area contributed by atoms with Crippen molar-refractivity contribution < 1.29 is 14.8 Å². The van der Waals surface area contributed by atoms with E-state index in [2.05, 4.69) is 60.8 Å². The molecule has 3 rings (SSSR count). The zero-order valence-corrected chi connectivity index (χ0v) is 15.4. The standard InChI is InChI=1S/C22H29NO2/c1-3-24-22-15-18(13-14-21(22)25-20-11-7-8-12-20)16-23-17(2)19-9-5-4-6-10-19/h4-6,9-10,13-15,17,20,23H,3,7-8,11-12,16H2,1-2H3/p+1/t17-/m0/s1. The molecular weight excluding hydrogens is 310 g/mol. The van der Waals surface area contributed by atoms with Gasteiger partial charge in [-0.25, -0.2) is 0 Å². The molecule has 0 bridgehead atoms. The maximum atomic E-state index is 6.17. The maximum Gasteiger partial charge on any atom is 0.161 e. The predicted molar refractivity (Wildman–Crippen MR) is 101 cm³/mol. The summed E-state index contributed by atoms with van der Waals surface area (Å²) < 4.78 is 12.0. The van der Waals surface area contributed by atoms with Crippen LogP contribution in [-0.2, 0) is 6.54 Å². The van der Waals surface area contributed by atoms with E-state index in [0.717, 1.165) is 30.9 Å². The number of benzene rings is 2. The quantitative estimate of drug-likeness (QED) is 0.780. The van der Waals surface area contributed by atoms with Crippen LogP contribution in [0.5, 0.6) is 11.5 Å². The van der Waals surface area contributed by atoms with Gasteiger partial charge in [0, 0.05) is 11.1 Å². The van der Waals surface area contributed by atoms with Crippen LogP contribution >= 0.6 is 0 Å². The molecule has 2 aromatic carbocycles. The fourth-order valence-corrected chi connectivity index (χ4v) is 3.44. The Balaban J connectivity index is 1.64. The summed E-state index contributed by atoms with van der Waals surface area (Å²) in [6.07, 6.45) is 5.23. The van der Waals surface area contributed by atoms with Crippen molar-refractivity contribution in [3.8, 4) is 11.5 Å². The average Bonchev–Trinajstić information content (AvgIpc) is 3.15. The number of ether oxygens (including phenoxy) is 2. The molecule has 1 atom stereocenters. The Morgan fingerprint density at radius 1 is 1.04 bits per heavy atom. The van der Waals surface area contributed by atoms with E-state index in [0.29, 0.717) is 18.8 Å². The molecule has 1 saturated carbocycles. The summed E-state index contributed by atoms with van der Waals surface area (Å²) in [7, 11) is 0. The molecule has 2 N–H and O–H groups in total. The molecule has 3 heteroatoms. The van der Waals surface area contributed by atoms with Crippen molar-refractivity contribution in [3.63, 3.8) is 0 Å². The Kier molecular flexibility index (Phi) is 6.35. The highest BCUT2D eigenvalue weighted by molar-refractivity contribution is 5.43. The van der Waals surface area contributed by atoms with Crippen LogP contribution in [0.2, 0.25) is 0 Å². The van der Waals surface area contributed by atoms with E-state index in [9.17, 15) is 0 Å². The van der Waals surface area contributed by atoms with Gasteiger partial charge in [0.25, 0.3) is 0 Å². The van der Waals surface area contributed by atoms with E-state index in [1.54, 1.807) is 0 Å². The second-order valence-corrected chi connectivity index (χ2v) is 6.88. The number of quaternary nitrogens is 1. The van der Waals surface area contributed by atoms with Gasteiger partial charge in [-0.1, -0.05) is 30.3 Å². The van der Waals surface area contributed by atoms with Gasteiger partial charge in [0.05, 0.1) is 12.7 Å². The van der Waals surface area contributed by atoms with Crippen molar-refractivity contribution >= 4 is 0 Å². The van der Waals surface area contributed by atoms with E-state index < -0.39 is 0 Å². The van der Waals surface area contributed by atoms with Gasteiger partial charge in [0.15, 0.2) is 11.5 Å². The number of hydrogen-bond acceptors (Lipinski definition) is 2. The lowest BCUT2D eigenvalue weighted by molar-refractivity contribution is -0.707. The molecule has 2 aromatic rings. The summed E-state index contributed by atoms with van der Waals surface area (Å²) in [4.78, 5) is 0. The summed E-state index contributed by atoms with van der Waals surface area (Å²) in [6.45, 7) is 5.86. The topological polar surface area (TPSA) is 35.1 Å². The molecule has 0 aliphatic heterocycles. The molecule has 0 unspecified atom stereocenters. The van der Waals surface area contributed by atoms with E-state index in [1.165, 1.54) is 24.0 Å². The Labute approximate surface area is 151 Å². The van der Waals surface area contributed by atoms with Gasteiger partial charge >= 0.3 is 0 Å². The van der Waals surface area contributed by atoms with Gasteiger partial charge in [-0.05, 0) is 57.7 Å². The van der Waals surface area contributed by atoms with Crippen molar-refractivity contribution in [2.24, 2.45) is 0 Å². The molecule has 1 fully saturated rings. The smallest absolute Gasteiger partial charge is 0.161 e. The van der Waals surface area contributed by atoms with E-state index in [-0.39, 0.29) is 0 Å². The summed E-state index contributed by atoms with van der Waals surface area (Å²) in [6, 6.07) is 17.5. The fraction of sp³-hybridized carbons (Fsp3) is 0.455. The SMILES string of the molecule is CCOc1cc(C[NH2+][C@@H](C)c2ccccc2)ccc1OC1CCCC1. The van der Waals surface area contributed by atoms with Crippen molar-refractivity contribution in [3.05, 3.63) is 59.7 Å². The monoisotopic (exact) mass is 340 g/mol. The summed E-state index contributed by atoms with van der Waals surface area (Å²) >= 11 is 0. The second kappa shape index (κ2) is 8.91. The van der Waals surface area contributed by atoms with Crippen molar-refractivity contribution in [2.75, 3.05) is 6.61 Å². The summed E-state index contributed by atoms with van der Waals surface area (Å²) in [5, 5.41) is 2.36. The first kappa shape index (κ1) is 17.8. The van der Waals surface area contributed by atoms with Crippen LogP contribution in [-0.4, -0.2) is 12.7 Å². The van der Waals surface area contributed by atoms with Crippen molar-refractivity contribution in [1.82, 2.24) is 0 Å². The highest BCUT2D eigenvalue weighted by atomic mass is 16.5. The van der Waals surface area contributed by atoms with Crippen LogP contribution in [0.1, 0.15) is 56.7 Å².